The maximum Gasteiger partial charge on any atom is 0.0728 e. The molecule has 0 aromatic heterocycles. The zero-order chi connectivity index (χ0) is 11.6. The first kappa shape index (κ1) is 14.0. The van der Waals surface area contributed by atoms with E-state index in [0.717, 1.165) is 13.2 Å². The molecule has 1 fully saturated rings. The van der Waals surface area contributed by atoms with Gasteiger partial charge in [0.15, 0.2) is 0 Å². The molecule has 0 saturated carbocycles. The van der Waals surface area contributed by atoms with E-state index in [2.05, 4.69) is 19.2 Å². The number of unbranched alkanes of at least 4 members (excludes halogenated alkanes) is 3. The fraction of sp³-hybridized carbons (Fsp3) is 1.00. The normalized spacial score (nSPS) is 23.2. The highest BCUT2D eigenvalue weighted by molar-refractivity contribution is 4.79. The highest BCUT2D eigenvalue weighted by atomic mass is 16.5. The van der Waals surface area contributed by atoms with Gasteiger partial charge in [0.2, 0.25) is 0 Å². The highest BCUT2D eigenvalue weighted by Gasteiger charge is 2.22. The first-order chi connectivity index (χ1) is 7.88. The molecule has 0 spiro atoms. The predicted octanol–water partition coefficient (Wildman–Crippen LogP) is 3.50. The van der Waals surface area contributed by atoms with Crippen LogP contribution in [0.25, 0.3) is 0 Å². The average molecular weight is 227 g/mol. The lowest BCUT2D eigenvalue weighted by atomic mass is 9.97. The fourth-order valence-corrected chi connectivity index (χ4v) is 2.56. The van der Waals surface area contributed by atoms with Gasteiger partial charge < -0.3 is 10.1 Å². The van der Waals surface area contributed by atoms with Crippen LogP contribution in [0.2, 0.25) is 0 Å². The molecule has 0 aromatic carbocycles. The van der Waals surface area contributed by atoms with E-state index < -0.39 is 0 Å². The second-order valence-corrected chi connectivity index (χ2v) is 4.92. The molecule has 0 bridgehead atoms. The SMILES string of the molecule is CCCCCCC(NCC)C1CCCCO1. The molecule has 2 unspecified atom stereocenters. The van der Waals surface area contributed by atoms with Crippen LogP contribution in [0.5, 0.6) is 0 Å². The molecule has 1 aliphatic rings. The molecule has 96 valence electrons. The van der Waals surface area contributed by atoms with E-state index in [9.17, 15) is 0 Å². The molecule has 0 amide bonds. The second-order valence-electron chi connectivity index (χ2n) is 4.92. The fourth-order valence-electron chi connectivity index (χ4n) is 2.56. The van der Waals surface area contributed by atoms with Crippen LogP contribution < -0.4 is 5.32 Å². The van der Waals surface area contributed by atoms with Crippen LogP contribution in [0, 0.1) is 0 Å². The quantitative estimate of drug-likeness (QED) is 0.641. The average Bonchev–Trinajstić information content (AvgIpc) is 2.34. The number of ether oxygens (including phenoxy) is 1. The Morgan fingerprint density at radius 1 is 1.19 bits per heavy atom. The Kier molecular flexibility index (Phi) is 7.87. The van der Waals surface area contributed by atoms with Gasteiger partial charge in [-0.15, -0.1) is 0 Å². The van der Waals surface area contributed by atoms with Crippen molar-refractivity contribution < 1.29 is 4.74 Å². The summed E-state index contributed by atoms with van der Waals surface area (Å²) in [6, 6.07) is 0.599. The Morgan fingerprint density at radius 2 is 2.06 bits per heavy atom. The van der Waals surface area contributed by atoms with Crippen LogP contribution in [-0.2, 0) is 4.74 Å². The van der Waals surface area contributed by atoms with Crippen LogP contribution in [0.15, 0.2) is 0 Å². The molecule has 1 N–H and O–H groups in total. The maximum absolute atomic E-state index is 5.89. The lowest BCUT2D eigenvalue weighted by Gasteiger charge is -2.31. The number of likely N-dealkylation sites (N-methyl/N-ethyl adjacent to an activating group) is 1. The van der Waals surface area contributed by atoms with Crippen molar-refractivity contribution in [3.63, 3.8) is 0 Å². The van der Waals surface area contributed by atoms with E-state index in [-0.39, 0.29) is 0 Å². The van der Waals surface area contributed by atoms with Crippen LogP contribution in [0.4, 0.5) is 0 Å². The van der Waals surface area contributed by atoms with Gasteiger partial charge in [-0.25, -0.2) is 0 Å². The van der Waals surface area contributed by atoms with Crippen molar-refractivity contribution in [3.05, 3.63) is 0 Å². The molecule has 16 heavy (non-hydrogen) atoms. The third-order valence-corrected chi connectivity index (χ3v) is 3.50. The maximum atomic E-state index is 5.89. The second kappa shape index (κ2) is 9.00. The van der Waals surface area contributed by atoms with Gasteiger partial charge in [0, 0.05) is 12.6 Å². The number of hydrogen-bond donors (Lipinski definition) is 1. The summed E-state index contributed by atoms with van der Waals surface area (Å²) in [6.07, 6.45) is 11.1. The Balaban J connectivity index is 2.22. The van der Waals surface area contributed by atoms with Crippen molar-refractivity contribution >= 4 is 0 Å². The molecule has 0 radical (unpaired) electrons. The summed E-state index contributed by atoms with van der Waals surface area (Å²) in [5, 5.41) is 3.60. The van der Waals surface area contributed by atoms with Gasteiger partial charge in [-0.05, 0) is 32.2 Å². The van der Waals surface area contributed by atoms with Gasteiger partial charge in [0.05, 0.1) is 6.10 Å². The Hall–Kier alpha value is -0.0800. The Labute approximate surface area is 101 Å². The first-order valence-corrected chi connectivity index (χ1v) is 7.23. The van der Waals surface area contributed by atoms with Crippen molar-refractivity contribution in [1.82, 2.24) is 5.32 Å². The van der Waals surface area contributed by atoms with E-state index >= 15 is 0 Å². The standard InChI is InChI=1S/C14H29NO/c1-3-5-6-7-10-13(15-4-2)14-11-8-9-12-16-14/h13-15H,3-12H2,1-2H3. The summed E-state index contributed by atoms with van der Waals surface area (Å²) in [6.45, 7) is 6.51. The number of hydrogen-bond acceptors (Lipinski definition) is 2. The summed E-state index contributed by atoms with van der Waals surface area (Å²) >= 11 is 0. The minimum atomic E-state index is 0.482. The smallest absolute Gasteiger partial charge is 0.0728 e. The minimum absolute atomic E-state index is 0.482. The van der Waals surface area contributed by atoms with Gasteiger partial charge in [-0.1, -0.05) is 39.5 Å². The summed E-state index contributed by atoms with van der Waals surface area (Å²) in [5.74, 6) is 0. The summed E-state index contributed by atoms with van der Waals surface area (Å²) in [4.78, 5) is 0. The highest BCUT2D eigenvalue weighted by Crippen LogP contribution is 2.19. The van der Waals surface area contributed by atoms with Crippen molar-refractivity contribution in [2.24, 2.45) is 0 Å². The largest absolute Gasteiger partial charge is 0.377 e. The van der Waals surface area contributed by atoms with Crippen molar-refractivity contribution in [2.45, 2.75) is 77.4 Å². The van der Waals surface area contributed by atoms with E-state index in [4.69, 9.17) is 4.74 Å². The van der Waals surface area contributed by atoms with Gasteiger partial charge in [-0.2, -0.15) is 0 Å². The predicted molar refractivity (Wildman–Crippen MR) is 69.8 cm³/mol. The summed E-state index contributed by atoms with van der Waals surface area (Å²) < 4.78 is 5.89. The third-order valence-electron chi connectivity index (χ3n) is 3.50. The third kappa shape index (κ3) is 5.31. The topological polar surface area (TPSA) is 21.3 Å². The number of rotatable bonds is 8. The Morgan fingerprint density at radius 3 is 2.69 bits per heavy atom. The lowest BCUT2D eigenvalue weighted by Crippen LogP contribution is -2.42. The molecular weight excluding hydrogens is 198 g/mol. The van der Waals surface area contributed by atoms with Crippen LogP contribution in [0.1, 0.15) is 65.2 Å². The van der Waals surface area contributed by atoms with Crippen molar-refractivity contribution in [1.29, 1.82) is 0 Å². The summed E-state index contributed by atoms with van der Waals surface area (Å²) in [7, 11) is 0. The van der Waals surface area contributed by atoms with Crippen LogP contribution in [-0.4, -0.2) is 25.3 Å². The van der Waals surface area contributed by atoms with Gasteiger partial charge in [0.1, 0.15) is 0 Å². The zero-order valence-electron chi connectivity index (χ0n) is 11.1. The molecule has 2 heteroatoms. The van der Waals surface area contributed by atoms with E-state index in [1.807, 2.05) is 0 Å². The minimum Gasteiger partial charge on any atom is -0.377 e. The first-order valence-electron chi connectivity index (χ1n) is 7.23. The van der Waals surface area contributed by atoms with E-state index in [1.165, 1.54) is 51.4 Å². The number of nitrogens with one attached hydrogen (secondary N) is 1. The van der Waals surface area contributed by atoms with Gasteiger partial charge in [-0.3, -0.25) is 0 Å². The van der Waals surface area contributed by atoms with Crippen molar-refractivity contribution in [3.8, 4) is 0 Å². The molecule has 1 rings (SSSR count). The van der Waals surface area contributed by atoms with E-state index in [1.54, 1.807) is 0 Å². The van der Waals surface area contributed by atoms with E-state index in [0.29, 0.717) is 12.1 Å². The van der Waals surface area contributed by atoms with Crippen molar-refractivity contribution in [2.75, 3.05) is 13.2 Å². The van der Waals surface area contributed by atoms with Gasteiger partial charge >= 0.3 is 0 Å². The zero-order valence-corrected chi connectivity index (χ0v) is 11.1. The Bertz CT molecular complexity index is 155. The molecule has 1 saturated heterocycles. The lowest BCUT2D eigenvalue weighted by molar-refractivity contribution is -0.00941. The van der Waals surface area contributed by atoms with Crippen LogP contribution in [0.3, 0.4) is 0 Å². The van der Waals surface area contributed by atoms with Gasteiger partial charge in [0.25, 0.3) is 0 Å². The molecular formula is C14H29NO. The molecule has 0 aromatic rings. The summed E-state index contributed by atoms with van der Waals surface area (Å²) in [5.41, 5.74) is 0. The molecule has 2 nitrogen and oxygen atoms in total. The molecule has 1 heterocycles. The van der Waals surface area contributed by atoms with Crippen LogP contribution >= 0.6 is 0 Å². The molecule has 1 aliphatic heterocycles. The molecule has 2 atom stereocenters. The monoisotopic (exact) mass is 227 g/mol. The molecule has 0 aliphatic carbocycles.